The lowest BCUT2D eigenvalue weighted by atomic mass is 9.98. The maximum Gasteiger partial charge on any atom is 0.245 e. The first-order valence-electron chi connectivity index (χ1n) is 7.02. The van der Waals surface area contributed by atoms with Gasteiger partial charge in [0.05, 0.1) is 0 Å². The number of carbonyl (C=O) groups excluding carboxylic acids is 1. The average molecular weight is 260 g/mol. The van der Waals surface area contributed by atoms with Crippen molar-refractivity contribution in [3.63, 3.8) is 0 Å². The van der Waals surface area contributed by atoms with Gasteiger partial charge in [-0.3, -0.25) is 4.79 Å². The number of likely N-dealkylation sites (tertiary alicyclic amines) is 1. The average Bonchev–Trinajstić information content (AvgIpc) is 2.90. The first-order chi connectivity index (χ1) is 9.28. The van der Waals surface area contributed by atoms with Crippen LogP contribution in [-0.4, -0.2) is 41.7 Å². The van der Waals surface area contributed by atoms with Crippen molar-refractivity contribution in [2.45, 2.75) is 25.3 Å². The molecule has 102 valence electrons. The minimum Gasteiger partial charge on any atom is -0.396 e. The van der Waals surface area contributed by atoms with Gasteiger partial charge in [0, 0.05) is 31.8 Å². The Morgan fingerprint density at radius 3 is 3.05 bits per heavy atom. The molecule has 0 aliphatic carbocycles. The number of aliphatic hydroxyl groups is 1. The van der Waals surface area contributed by atoms with Crippen molar-refractivity contribution in [1.29, 1.82) is 0 Å². The smallest absolute Gasteiger partial charge is 0.245 e. The highest BCUT2D eigenvalue weighted by Gasteiger charge is 2.32. The first-order valence-corrected chi connectivity index (χ1v) is 7.02. The summed E-state index contributed by atoms with van der Waals surface area (Å²) in [6.45, 7) is 1.70. The van der Waals surface area contributed by atoms with E-state index in [-0.39, 0.29) is 24.5 Å². The van der Waals surface area contributed by atoms with Gasteiger partial charge in [0.25, 0.3) is 0 Å². The van der Waals surface area contributed by atoms with Gasteiger partial charge >= 0.3 is 0 Å². The Balaban J connectivity index is 1.66. The molecule has 0 bridgehead atoms. The molecular formula is C15H20N2O2. The van der Waals surface area contributed by atoms with Crippen LogP contribution in [0.5, 0.6) is 0 Å². The Morgan fingerprint density at radius 1 is 1.42 bits per heavy atom. The van der Waals surface area contributed by atoms with Gasteiger partial charge in [0.2, 0.25) is 5.91 Å². The minimum atomic E-state index is -0.130. The molecule has 2 atom stereocenters. The monoisotopic (exact) mass is 260 g/mol. The van der Waals surface area contributed by atoms with Gasteiger partial charge in [-0.25, -0.2) is 0 Å². The van der Waals surface area contributed by atoms with Crippen LogP contribution in [0.3, 0.4) is 0 Å². The van der Waals surface area contributed by atoms with Crippen LogP contribution in [-0.2, 0) is 11.2 Å². The summed E-state index contributed by atoms with van der Waals surface area (Å²) in [6.07, 6.45) is 2.80. The van der Waals surface area contributed by atoms with Crippen LogP contribution >= 0.6 is 0 Å². The SMILES string of the molecule is O=C([C@@H]1Cc2ccccc2N1)N1CCCC(CO)C1. The molecule has 1 saturated heterocycles. The molecule has 19 heavy (non-hydrogen) atoms. The van der Waals surface area contributed by atoms with Crippen molar-refractivity contribution in [3.05, 3.63) is 29.8 Å². The predicted octanol–water partition coefficient (Wildman–Crippen LogP) is 1.25. The standard InChI is InChI=1S/C15H20N2O2/c18-10-11-4-3-7-17(9-11)15(19)14-8-12-5-1-2-6-13(12)16-14/h1-2,5-6,11,14,16,18H,3-4,7-10H2/t11?,14-/m0/s1. The fourth-order valence-electron chi connectivity index (χ4n) is 3.08. The van der Waals surface area contributed by atoms with Crippen LogP contribution in [0.4, 0.5) is 5.69 Å². The Bertz CT molecular complexity index is 450. The zero-order valence-corrected chi connectivity index (χ0v) is 11.0. The summed E-state index contributed by atoms with van der Waals surface area (Å²) in [5, 5.41) is 12.6. The van der Waals surface area contributed by atoms with E-state index in [9.17, 15) is 9.90 Å². The van der Waals surface area contributed by atoms with Crippen molar-refractivity contribution < 1.29 is 9.90 Å². The zero-order chi connectivity index (χ0) is 13.2. The number of benzene rings is 1. The van der Waals surface area contributed by atoms with Gasteiger partial charge in [-0.1, -0.05) is 18.2 Å². The van der Waals surface area contributed by atoms with E-state index in [1.54, 1.807) is 0 Å². The molecule has 2 heterocycles. The number of para-hydroxylation sites is 1. The van der Waals surface area contributed by atoms with E-state index in [4.69, 9.17) is 0 Å². The molecule has 2 aliphatic heterocycles. The quantitative estimate of drug-likeness (QED) is 0.841. The van der Waals surface area contributed by atoms with E-state index in [1.165, 1.54) is 5.56 Å². The lowest BCUT2D eigenvalue weighted by molar-refractivity contribution is -0.134. The highest BCUT2D eigenvalue weighted by atomic mass is 16.3. The second kappa shape index (κ2) is 5.21. The van der Waals surface area contributed by atoms with E-state index < -0.39 is 0 Å². The van der Waals surface area contributed by atoms with Gasteiger partial charge in [0.1, 0.15) is 6.04 Å². The Kier molecular flexibility index (Phi) is 3.42. The molecule has 0 aromatic heterocycles. The number of fused-ring (bicyclic) bond motifs is 1. The second-order valence-corrected chi connectivity index (χ2v) is 5.53. The number of piperidine rings is 1. The van der Waals surface area contributed by atoms with E-state index >= 15 is 0 Å². The zero-order valence-electron chi connectivity index (χ0n) is 11.0. The van der Waals surface area contributed by atoms with Gasteiger partial charge in [-0.2, -0.15) is 0 Å². The Hall–Kier alpha value is -1.55. The lowest BCUT2D eigenvalue weighted by Gasteiger charge is -2.33. The summed E-state index contributed by atoms with van der Waals surface area (Å²) >= 11 is 0. The highest BCUT2D eigenvalue weighted by Crippen LogP contribution is 2.27. The number of aliphatic hydroxyl groups excluding tert-OH is 1. The summed E-state index contributed by atoms with van der Waals surface area (Å²) in [5.41, 5.74) is 2.30. The highest BCUT2D eigenvalue weighted by molar-refractivity contribution is 5.87. The van der Waals surface area contributed by atoms with Crippen LogP contribution in [0, 0.1) is 5.92 Å². The number of amides is 1. The van der Waals surface area contributed by atoms with Crippen LogP contribution < -0.4 is 5.32 Å². The summed E-state index contributed by atoms with van der Waals surface area (Å²) in [6, 6.07) is 7.96. The third-order valence-electron chi connectivity index (χ3n) is 4.16. The van der Waals surface area contributed by atoms with Gasteiger partial charge in [-0.05, 0) is 30.4 Å². The van der Waals surface area contributed by atoms with Crippen molar-refractivity contribution >= 4 is 11.6 Å². The molecule has 1 unspecified atom stereocenters. The number of rotatable bonds is 2. The van der Waals surface area contributed by atoms with Crippen LogP contribution in [0.1, 0.15) is 18.4 Å². The number of nitrogens with one attached hydrogen (secondary N) is 1. The van der Waals surface area contributed by atoms with Gasteiger partial charge in [-0.15, -0.1) is 0 Å². The molecule has 4 nitrogen and oxygen atoms in total. The number of carbonyl (C=O) groups is 1. The van der Waals surface area contributed by atoms with E-state index in [0.29, 0.717) is 6.54 Å². The van der Waals surface area contributed by atoms with E-state index in [0.717, 1.165) is 31.5 Å². The van der Waals surface area contributed by atoms with E-state index in [2.05, 4.69) is 11.4 Å². The van der Waals surface area contributed by atoms with Crippen LogP contribution in [0.2, 0.25) is 0 Å². The normalized spacial score (nSPS) is 25.8. The maximum atomic E-state index is 12.5. The molecule has 2 N–H and O–H groups in total. The molecule has 3 rings (SSSR count). The summed E-state index contributed by atoms with van der Waals surface area (Å²) in [5.74, 6) is 0.427. The molecule has 1 fully saturated rings. The van der Waals surface area contributed by atoms with Gasteiger partial charge < -0.3 is 15.3 Å². The fraction of sp³-hybridized carbons (Fsp3) is 0.533. The van der Waals surface area contributed by atoms with Crippen molar-refractivity contribution in [2.75, 3.05) is 25.0 Å². The third kappa shape index (κ3) is 2.45. The second-order valence-electron chi connectivity index (χ2n) is 5.53. The first kappa shape index (κ1) is 12.5. The third-order valence-corrected chi connectivity index (χ3v) is 4.16. The number of hydrogen-bond acceptors (Lipinski definition) is 3. The Labute approximate surface area is 113 Å². The minimum absolute atomic E-state index is 0.130. The van der Waals surface area contributed by atoms with Gasteiger partial charge in [0.15, 0.2) is 0 Å². The van der Waals surface area contributed by atoms with Crippen molar-refractivity contribution in [3.8, 4) is 0 Å². The molecule has 0 saturated carbocycles. The molecule has 4 heteroatoms. The largest absolute Gasteiger partial charge is 0.396 e. The summed E-state index contributed by atoms with van der Waals surface area (Å²) in [4.78, 5) is 14.4. The molecule has 1 amide bonds. The lowest BCUT2D eigenvalue weighted by Crippen LogP contribution is -2.47. The Morgan fingerprint density at radius 2 is 2.26 bits per heavy atom. The molecular weight excluding hydrogens is 240 g/mol. The van der Waals surface area contributed by atoms with Crippen LogP contribution in [0.15, 0.2) is 24.3 Å². The fourth-order valence-corrected chi connectivity index (χ4v) is 3.08. The summed E-state index contributed by atoms with van der Waals surface area (Å²) in [7, 11) is 0. The van der Waals surface area contributed by atoms with Crippen molar-refractivity contribution in [1.82, 2.24) is 4.90 Å². The molecule has 1 aromatic rings. The van der Waals surface area contributed by atoms with Crippen LogP contribution in [0.25, 0.3) is 0 Å². The van der Waals surface area contributed by atoms with E-state index in [1.807, 2.05) is 23.1 Å². The number of hydrogen-bond donors (Lipinski definition) is 2. The summed E-state index contributed by atoms with van der Waals surface area (Å²) < 4.78 is 0. The molecule has 0 spiro atoms. The van der Waals surface area contributed by atoms with Crippen molar-refractivity contribution in [2.24, 2.45) is 5.92 Å². The topological polar surface area (TPSA) is 52.6 Å². The number of nitrogens with zero attached hydrogens (tertiary/aromatic N) is 1. The maximum absolute atomic E-state index is 12.5. The predicted molar refractivity (Wildman–Crippen MR) is 73.9 cm³/mol. The number of anilines is 1. The molecule has 0 radical (unpaired) electrons. The molecule has 2 aliphatic rings. The molecule has 1 aromatic carbocycles.